The number of hydrogen-bond donors (Lipinski definition) is 4. The number of amides is 4. The summed E-state index contributed by atoms with van der Waals surface area (Å²) in [6, 6.07) is 16.6. The van der Waals surface area contributed by atoms with Gasteiger partial charge >= 0.3 is 0 Å². The van der Waals surface area contributed by atoms with Crippen LogP contribution in [0.25, 0.3) is 0 Å². The van der Waals surface area contributed by atoms with E-state index in [1.54, 1.807) is 48.5 Å². The fourth-order valence-corrected chi connectivity index (χ4v) is 4.12. The summed E-state index contributed by atoms with van der Waals surface area (Å²) in [7, 11) is 0. The molecule has 0 heterocycles. The fraction of sp³-hybridized carbons (Fsp3) is 0.484. The lowest BCUT2D eigenvalue weighted by Gasteiger charge is -2.22. The second kappa shape index (κ2) is 17.0. The summed E-state index contributed by atoms with van der Waals surface area (Å²) in [6.07, 6.45) is 4.59. The third-order valence-electron chi connectivity index (χ3n) is 6.50. The normalized spacial score (nSPS) is 12.5. The summed E-state index contributed by atoms with van der Waals surface area (Å²) in [4.78, 5) is 50.2. The fourth-order valence-electron chi connectivity index (χ4n) is 4.12. The van der Waals surface area contributed by atoms with E-state index in [2.05, 4.69) is 21.3 Å². The predicted octanol–water partition coefficient (Wildman–Crippen LogP) is 4.08. The second-order valence-corrected chi connectivity index (χ2v) is 10.5. The number of unbranched alkanes of at least 4 members (excludes halogenated alkanes) is 4. The van der Waals surface area contributed by atoms with Gasteiger partial charge in [-0.2, -0.15) is 0 Å². The molecule has 0 fully saturated rings. The van der Waals surface area contributed by atoms with Crippen molar-refractivity contribution in [2.75, 3.05) is 13.1 Å². The van der Waals surface area contributed by atoms with Gasteiger partial charge in [0.1, 0.15) is 12.1 Å². The molecule has 0 aliphatic heterocycles. The van der Waals surface area contributed by atoms with Crippen LogP contribution in [0, 0.1) is 11.8 Å². The molecule has 0 unspecified atom stereocenters. The Bertz CT molecular complexity index is 958. The molecule has 8 heteroatoms. The van der Waals surface area contributed by atoms with E-state index in [4.69, 9.17) is 0 Å². The number of benzene rings is 2. The largest absolute Gasteiger partial charge is 0.354 e. The summed E-state index contributed by atoms with van der Waals surface area (Å²) in [6.45, 7) is 8.75. The molecule has 0 bridgehead atoms. The van der Waals surface area contributed by atoms with Crippen molar-refractivity contribution in [2.45, 2.75) is 71.9 Å². The Morgan fingerprint density at radius 3 is 1.21 bits per heavy atom. The van der Waals surface area contributed by atoms with Crippen LogP contribution in [0.4, 0.5) is 0 Å². The van der Waals surface area contributed by atoms with Crippen LogP contribution >= 0.6 is 0 Å². The summed E-state index contributed by atoms with van der Waals surface area (Å²) in [5.41, 5.74) is 1.06. The Hall–Kier alpha value is -3.68. The predicted molar refractivity (Wildman–Crippen MR) is 154 cm³/mol. The van der Waals surface area contributed by atoms with Crippen LogP contribution in [0.15, 0.2) is 60.7 Å². The highest BCUT2D eigenvalue weighted by molar-refractivity contribution is 5.98. The van der Waals surface area contributed by atoms with Gasteiger partial charge < -0.3 is 21.3 Å². The first-order valence-electron chi connectivity index (χ1n) is 14.0. The maximum atomic E-state index is 12.6. The molecule has 0 aromatic heterocycles. The van der Waals surface area contributed by atoms with E-state index in [-0.39, 0.29) is 35.5 Å². The maximum Gasteiger partial charge on any atom is 0.251 e. The van der Waals surface area contributed by atoms with Crippen LogP contribution in [-0.2, 0) is 9.59 Å². The molecule has 2 aromatic rings. The Balaban J connectivity index is 1.60. The molecule has 2 atom stereocenters. The van der Waals surface area contributed by atoms with Crippen LogP contribution in [0.5, 0.6) is 0 Å². The minimum Gasteiger partial charge on any atom is -0.354 e. The summed E-state index contributed by atoms with van der Waals surface area (Å²) in [5, 5.41) is 11.6. The highest BCUT2D eigenvalue weighted by Gasteiger charge is 2.25. The zero-order chi connectivity index (χ0) is 28.6. The molecule has 8 nitrogen and oxygen atoms in total. The zero-order valence-electron chi connectivity index (χ0n) is 23.7. The van der Waals surface area contributed by atoms with Gasteiger partial charge in [0.2, 0.25) is 11.8 Å². The summed E-state index contributed by atoms with van der Waals surface area (Å²) in [5.74, 6) is -0.915. The average Bonchev–Trinajstić information content (AvgIpc) is 2.93. The monoisotopic (exact) mass is 536 g/mol. The third kappa shape index (κ3) is 11.3. The van der Waals surface area contributed by atoms with Crippen LogP contribution < -0.4 is 21.3 Å². The minimum atomic E-state index is -0.589. The van der Waals surface area contributed by atoms with Gasteiger partial charge in [-0.3, -0.25) is 19.2 Å². The van der Waals surface area contributed by atoms with E-state index >= 15 is 0 Å². The number of rotatable bonds is 16. The van der Waals surface area contributed by atoms with Crippen molar-refractivity contribution >= 4 is 23.6 Å². The van der Waals surface area contributed by atoms with Crippen molar-refractivity contribution in [3.63, 3.8) is 0 Å². The van der Waals surface area contributed by atoms with E-state index in [0.29, 0.717) is 24.2 Å². The van der Waals surface area contributed by atoms with Crippen LogP contribution in [-0.4, -0.2) is 48.8 Å². The van der Waals surface area contributed by atoms with Crippen LogP contribution in [0.2, 0.25) is 0 Å². The van der Waals surface area contributed by atoms with Crippen molar-refractivity contribution in [3.05, 3.63) is 71.8 Å². The highest BCUT2D eigenvalue weighted by atomic mass is 16.2. The van der Waals surface area contributed by atoms with E-state index in [9.17, 15) is 19.2 Å². The first kappa shape index (κ1) is 31.5. The molecule has 0 aliphatic carbocycles. The number of carbonyl (C=O) groups excluding carboxylic acids is 4. The Morgan fingerprint density at radius 1 is 0.538 bits per heavy atom. The molecule has 2 aromatic carbocycles. The average molecular weight is 537 g/mol. The number of carbonyl (C=O) groups is 4. The molecule has 212 valence electrons. The van der Waals surface area contributed by atoms with E-state index in [0.717, 1.165) is 32.1 Å². The molecule has 39 heavy (non-hydrogen) atoms. The van der Waals surface area contributed by atoms with Crippen molar-refractivity contribution in [3.8, 4) is 0 Å². The van der Waals surface area contributed by atoms with E-state index < -0.39 is 12.1 Å². The number of nitrogens with one attached hydrogen (secondary N) is 4. The molecule has 0 saturated carbocycles. The molecule has 4 N–H and O–H groups in total. The van der Waals surface area contributed by atoms with Crippen molar-refractivity contribution < 1.29 is 19.2 Å². The number of hydrogen-bond acceptors (Lipinski definition) is 4. The Labute approximate surface area is 232 Å². The van der Waals surface area contributed by atoms with Gasteiger partial charge in [0.05, 0.1) is 0 Å². The smallest absolute Gasteiger partial charge is 0.251 e. The van der Waals surface area contributed by atoms with Crippen molar-refractivity contribution in [2.24, 2.45) is 11.8 Å². The maximum absolute atomic E-state index is 12.6. The Morgan fingerprint density at radius 2 is 0.872 bits per heavy atom. The van der Waals surface area contributed by atoms with Crippen LogP contribution in [0.1, 0.15) is 80.5 Å². The van der Waals surface area contributed by atoms with Gasteiger partial charge in [0.25, 0.3) is 11.8 Å². The Kier molecular flexibility index (Phi) is 13.8. The molecule has 0 spiro atoms. The molecule has 4 amide bonds. The lowest BCUT2D eigenvalue weighted by atomic mass is 10.0. The zero-order valence-corrected chi connectivity index (χ0v) is 23.7. The highest BCUT2D eigenvalue weighted by Crippen LogP contribution is 2.08. The second-order valence-electron chi connectivity index (χ2n) is 10.5. The van der Waals surface area contributed by atoms with Gasteiger partial charge in [-0.05, 0) is 48.9 Å². The molecular weight excluding hydrogens is 492 g/mol. The van der Waals surface area contributed by atoms with Gasteiger partial charge in [0, 0.05) is 24.2 Å². The first-order valence-corrected chi connectivity index (χ1v) is 14.0. The summed E-state index contributed by atoms with van der Waals surface area (Å²) >= 11 is 0. The first-order chi connectivity index (χ1) is 18.7. The molecule has 0 aliphatic rings. The van der Waals surface area contributed by atoms with E-state index in [1.807, 2.05) is 39.8 Å². The molecule has 0 radical (unpaired) electrons. The lowest BCUT2D eigenvalue weighted by molar-refractivity contribution is -0.124. The van der Waals surface area contributed by atoms with Gasteiger partial charge in [-0.1, -0.05) is 83.4 Å². The standard InChI is InChI=1S/C31H44N4O4/c1-22(2)26(34-28(36)24-16-10-8-11-17-24)30(38)32-20-14-6-5-7-15-21-33-31(39)27(23(3)4)35-29(37)25-18-12-9-13-19-25/h8-13,16-19,22-23,26-27H,5-7,14-15,20-21H2,1-4H3,(H,32,38)(H,33,39)(H,34,36)(H,35,37)/t26-,27-/m0/s1. The van der Waals surface area contributed by atoms with E-state index in [1.165, 1.54) is 0 Å². The quantitative estimate of drug-likeness (QED) is 0.242. The molecular formula is C31H44N4O4. The van der Waals surface area contributed by atoms with Gasteiger partial charge in [-0.15, -0.1) is 0 Å². The minimum absolute atomic E-state index is 0.0326. The SMILES string of the molecule is CC(C)[C@H](NC(=O)c1ccccc1)C(=O)NCCCCCCCNC(=O)[C@@H](NC(=O)c1ccccc1)C(C)C. The van der Waals surface area contributed by atoms with Gasteiger partial charge in [0.15, 0.2) is 0 Å². The molecule has 0 saturated heterocycles. The molecule has 2 rings (SSSR count). The van der Waals surface area contributed by atoms with Crippen molar-refractivity contribution in [1.82, 2.24) is 21.3 Å². The van der Waals surface area contributed by atoms with Crippen molar-refractivity contribution in [1.29, 1.82) is 0 Å². The van der Waals surface area contributed by atoms with Crippen LogP contribution in [0.3, 0.4) is 0 Å². The third-order valence-corrected chi connectivity index (χ3v) is 6.50. The lowest BCUT2D eigenvalue weighted by Crippen LogP contribution is -2.49. The van der Waals surface area contributed by atoms with Gasteiger partial charge in [-0.25, -0.2) is 0 Å². The summed E-state index contributed by atoms with van der Waals surface area (Å²) < 4.78 is 0. The topological polar surface area (TPSA) is 116 Å².